The second kappa shape index (κ2) is 35.5. The van der Waals surface area contributed by atoms with E-state index in [1.165, 1.54) is 85.3 Å². The molecule has 16 nitrogen and oxygen atoms in total. The Morgan fingerprint density at radius 3 is 0.467 bits per heavy atom. The van der Waals surface area contributed by atoms with Crippen molar-refractivity contribution in [3.8, 4) is 0 Å². The topological polar surface area (TPSA) is 203 Å². The summed E-state index contributed by atoms with van der Waals surface area (Å²) in [6, 6.07) is 0. The third-order valence-corrected chi connectivity index (χ3v) is 6.24. The van der Waals surface area contributed by atoms with E-state index < -0.39 is 23.9 Å². The summed E-state index contributed by atoms with van der Waals surface area (Å²) in [6.07, 6.45) is 3.76. The molecular formula is C28H60O16Zr. The van der Waals surface area contributed by atoms with Crippen molar-refractivity contribution in [2.45, 2.75) is 75.3 Å². The van der Waals surface area contributed by atoms with E-state index >= 15 is 0 Å². The van der Waals surface area contributed by atoms with E-state index in [4.69, 9.17) is 56.8 Å². The molecule has 0 aromatic heterocycles. The Bertz CT molecular complexity index is 432. The van der Waals surface area contributed by atoms with Gasteiger partial charge in [0.25, 0.3) is 23.9 Å². The molecule has 0 rings (SSSR count). The van der Waals surface area contributed by atoms with Crippen molar-refractivity contribution < 1.29 is 103 Å². The first kappa shape index (κ1) is 54.7. The van der Waals surface area contributed by atoms with Crippen molar-refractivity contribution in [2.24, 2.45) is 0 Å². The standard InChI is InChI=1S/4C7H15O4.Zr/c4*1-9-7(10-2,11-3)5-4-6-8;/h4*4-6H2,1-3H3;/q4*-1;+4. The van der Waals surface area contributed by atoms with Crippen molar-refractivity contribution in [3.05, 3.63) is 0 Å². The summed E-state index contributed by atoms with van der Waals surface area (Å²) in [5.74, 6) is -4.09. The van der Waals surface area contributed by atoms with Crippen LogP contribution in [0.3, 0.4) is 0 Å². The zero-order chi connectivity index (χ0) is 35.0. The van der Waals surface area contributed by atoms with Crippen molar-refractivity contribution in [1.29, 1.82) is 0 Å². The van der Waals surface area contributed by atoms with Gasteiger partial charge in [0, 0.05) is 111 Å². The second-order valence-electron chi connectivity index (χ2n) is 8.41. The average molecular weight is 744 g/mol. The van der Waals surface area contributed by atoms with Gasteiger partial charge >= 0.3 is 26.2 Å². The van der Waals surface area contributed by atoms with Crippen LogP contribution >= 0.6 is 0 Å². The molecule has 0 bridgehead atoms. The Morgan fingerprint density at radius 2 is 0.400 bits per heavy atom. The van der Waals surface area contributed by atoms with Crippen molar-refractivity contribution >= 4 is 0 Å². The normalized spacial score (nSPS) is 11.7. The van der Waals surface area contributed by atoms with Gasteiger partial charge in [-0.1, -0.05) is 25.7 Å². The summed E-state index contributed by atoms with van der Waals surface area (Å²) in [5.41, 5.74) is 0. The minimum absolute atomic E-state index is 0. The van der Waals surface area contributed by atoms with Crippen LogP contribution in [0.25, 0.3) is 0 Å². The maximum atomic E-state index is 10.2. The third kappa shape index (κ3) is 25.0. The van der Waals surface area contributed by atoms with E-state index in [2.05, 4.69) is 0 Å². The maximum absolute atomic E-state index is 10.2. The van der Waals surface area contributed by atoms with Crippen LogP contribution in [0.15, 0.2) is 0 Å². The predicted octanol–water partition coefficient (Wildman–Crippen LogP) is -1.12. The molecule has 0 aliphatic heterocycles. The molecule has 0 aliphatic carbocycles. The molecule has 0 unspecified atom stereocenters. The van der Waals surface area contributed by atoms with Gasteiger partial charge in [0.05, 0.1) is 0 Å². The molecule has 0 saturated heterocycles. The largest absolute Gasteiger partial charge is 4.00 e. The fourth-order valence-corrected chi connectivity index (χ4v) is 3.38. The van der Waals surface area contributed by atoms with Crippen LogP contribution < -0.4 is 20.4 Å². The molecule has 272 valence electrons. The van der Waals surface area contributed by atoms with Crippen molar-refractivity contribution in [3.63, 3.8) is 0 Å². The van der Waals surface area contributed by atoms with Crippen LogP contribution in [-0.4, -0.2) is 136 Å². The van der Waals surface area contributed by atoms with Crippen LogP contribution in [-0.2, 0) is 83.0 Å². The van der Waals surface area contributed by atoms with Crippen LogP contribution in [0.1, 0.15) is 51.4 Å². The van der Waals surface area contributed by atoms with Gasteiger partial charge in [0.15, 0.2) is 0 Å². The summed E-state index contributed by atoms with van der Waals surface area (Å²) in [6.45, 7) is -0.564. The van der Waals surface area contributed by atoms with Gasteiger partial charge in [-0.05, 0) is 0 Å². The van der Waals surface area contributed by atoms with E-state index in [-0.39, 0.29) is 52.6 Å². The summed E-state index contributed by atoms with van der Waals surface area (Å²) in [7, 11) is 17.8. The van der Waals surface area contributed by atoms with Gasteiger partial charge in [0.2, 0.25) is 0 Å². The number of hydrogen-bond acceptors (Lipinski definition) is 16. The van der Waals surface area contributed by atoms with Gasteiger partial charge in [-0.3, -0.25) is 0 Å². The Balaban J connectivity index is -0.000000157. The molecule has 45 heavy (non-hydrogen) atoms. The molecule has 0 fully saturated rings. The molecule has 0 amide bonds. The minimum atomic E-state index is -1.02. The number of rotatable bonds is 24. The van der Waals surface area contributed by atoms with E-state index in [0.29, 0.717) is 51.4 Å². The Hall–Kier alpha value is 0.243. The van der Waals surface area contributed by atoms with E-state index in [1.54, 1.807) is 0 Å². The zero-order valence-electron chi connectivity index (χ0n) is 29.5. The average Bonchev–Trinajstić information content (AvgIpc) is 3.09. The van der Waals surface area contributed by atoms with Gasteiger partial charge in [-0.2, -0.15) is 0 Å². The van der Waals surface area contributed by atoms with E-state index in [0.717, 1.165) is 0 Å². The third-order valence-electron chi connectivity index (χ3n) is 6.24. The van der Waals surface area contributed by atoms with Crippen LogP contribution in [0.4, 0.5) is 0 Å². The maximum Gasteiger partial charge on any atom is 4.00 e. The first-order chi connectivity index (χ1) is 21.0. The predicted molar refractivity (Wildman–Crippen MR) is 151 cm³/mol. The molecule has 0 atom stereocenters. The van der Waals surface area contributed by atoms with Gasteiger partial charge in [0.1, 0.15) is 0 Å². The molecular weight excluding hydrogens is 684 g/mol. The van der Waals surface area contributed by atoms with Gasteiger partial charge in [-0.15, -0.1) is 26.4 Å². The second-order valence-corrected chi connectivity index (χ2v) is 8.41. The molecule has 0 saturated carbocycles. The summed E-state index contributed by atoms with van der Waals surface area (Å²) in [4.78, 5) is 0. The Kier molecular flexibility index (Phi) is 43.2. The molecule has 0 aromatic rings. The molecule has 0 aliphatic rings. The van der Waals surface area contributed by atoms with Crippen molar-refractivity contribution in [2.75, 3.05) is 112 Å². The Labute approximate surface area is 289 Å². The molecule has 17 heteroatoms. The fourth-order valence-electron chi connectivity index (χ4n) is 3.38. The molecule has 0 heterocycles. The summed E-state index contributed by atoms with van der Waals surface area (Å²) >= 11 is 0. The minimum Gasteiger partial charge on any atom is -0.854 e. The van der Waals surface area contributed by atoms with Crippen LogP contribution in [0, 0.1) is 0 Å². The fraction of sp³-hybridized carbons (Fsp3) is 1.00. The molecule has 0 radical (unpaired) electrons. The number of ether oxygens (including phenoxy) is 12. The van der Waals surface area contributed by atoms with E-state index in [9.17, 15) is 20.4 Å². The quantitative estimate of drug-likeness (QED) is 0.107. The Morgan fingerprint density at radius 1 is 0.289 bits per heavy atom. The monoisotopic (exact) mass is 742 g/mol. The molecule has 0 aromatic carbocycles. The zero-order valence-corrected chi connectivity index (χ0v) is 32.0. The SMILES string of the molecule is COC(CCC[O-])(OC)OC.COC(CCC[O-])(OC)OC.COC(CCC[O-])(OC)OC.COC(CCC[O-])(OC)OC.[Zr+4]. The first-order valence-corrected chi connectivity index (χ1v) is 13.9. The smallest absolute Gasteiger partial charge is 0.854 e. The van der Waals surface area contributed by atoms with Crippen LogP contribution in [0.2, 0.25) is 0 Å². The van der Waals surface area contributed by atoms with Crippen molar-refractivity contribution in [1.82, 2.24) is 0 Å². The summed E-state index contributed by atoms with van der Waals surface area (Å²) in [5, 5.41) is 40.6. The number of methoxy groups -OCH3 is 12. The molecule has 0 spiro atoms. The van der Waals surface area contributed by atoms with Crippen LogP contribution in [0.5, 0.6) is 0 Å². The van der Waals surface area contributed by atoms with Gasteiger partial charge in [-0.25, -0.2) is 0 Å². The molecule has 0 N–H and O–H groups in total. The summed E-state index contributed by atoms with van der Waals surface area (Å²) < 4.78 is 59.5. The number of hydrogen-bond donors (Lipinski definition) is 0. The van der Waals surface area contributed by atoms with E-state index in [1.807, 2.05) is 0 Å². The first-order valence-electron chi connectivity index (χ1n) is 13.9. The van der Waals surface area contributed by atoms with Gasteiger partial charge < -0.3 is 77.3 Å².